The van der Waals surface area contributed by atoms with Crippen LogP contribution in [0.5, 0.6) is 0 Å². The summed E-state index contributed by atoms with van der Waals surface area (Å²) in [6, 6.07) is 1.96. The minimum absolute atomic E-state index is 0.0186. The fourth-order valence-electron chi connectivity index (χ4n) is 2.31. The predicted molar refractivity (Wildman–Crippen MR) is 79.3 cm³/mol. The predicted octanol–water partition coefficient (Wildman–Crippen LogP) is 1.30. The first-order valence-electron chi connectivity index (χ1n) is 6.63. The summed E-state index contributed by atoms with van der Waals surface area (Å²) in [5, 5.41) is 0.722. The standard InChI is InChI=1S/C13H18N4OS/c1-3-9-8-10-11(18)14-13(15-12(10)19-9)17-6-4-16(2)5-7-17/h8H,3-7H2,1-2H3,(H,14,15,18). The molecule has 0 amide bonds. The van der Waals surface area contributed by atoms with Crippen LogP contribution in [-0.4, -0.2) is 48.1 Å². The number of piperazine rings is 1. The van der Waals surface area contributed by atoms with Gasteiger partial charge in [0, 0.05) is 31.1 Å². The zero-order valence-electron chi connectivity index (χ0n) is 11.3. The van der Waals surface area contributed by atoms with Crippen molar-refractivity contribution in [2.45, 2.75) is 13.3 Å². The Labute approximate surface area is 115 Å². The van der Waals surface area contributed by atoms with Crippen molar-refractivity contribution in [1.82, 2.24) is 14.9 Å². The van der Waals surface area contributed by atoms with Crippen molar-refractivity contribution in [2.75, 3.05) is 38.1 Å². The summed E-state index contributed by atoms with van der Waals surface area (Å²) in [6.07, 6.45) is 0.949. The largest absolute Gasteiger partial charge is 0.340 e. The zero-order valence-corrected chi connectivity index (χ0v) is 12.1. The second kappa shape index (κ2) is 4.94. The topological polar surface area (TPSA) is 52.2 Å². The zero-order chi connectivity index (χ0) is 13.4. The summed E-state index contributed by atoms with van der Waals surface area (Å²) in [6.45, 7) is 5.94. The summed E-state index contributed by atoms with van der Waals surface area (Å²) in [7, 11) is 2.11. The maximum atomic E-state index is 12.1. The fraction of sp³-hybridized carbons (Fsp3) is 0.538. The van der Waals surface area contributed by atoms with E-state index < -0.39 is 0 Å². The maximum Gasteiger partial charge on any atom is 0.261 e. The molecule has 1 aliphatic rings. The molecule has 5 nitrogen and oxygen atoms in total. The van der Waals surface area contributed by atoms with Gasteiger partial charge in [0.1, 0.15) is 4.83 Å². The monoisotopic (exact) mass is 278 g/mol. The Morgan fingerprint density at radius 2 is 2.11 bits per heavy atom. The molecule has 1 N–H and O–H groups in total. The number of aryl methyl sites for hydroxylation is 1. The van der Waals surface area contributed by atoms with Gasteiger partial charge in [-0.3, -0.25) is 9.78 Å². The van der Waals surface area contributed by atoms with Crippen molar-refractivity contribution in [3.8, 4) is 0 Å². The van der Waals surface area contributed by atoms with Gasteiger partial charge in [-0.05, 0) is 19.5 Å². The van der Waals surface area contributed by atoms with Crippen LogP contribution in [0.4, 0.5) is 5.95 Å². The number of hydrogen-bond donors (Lipinski definition) is 1. The summed E-state index contributed by atoms with van der Waals surface area (Å²) in [5.74, 6) is 0.718. The van der Waals surface area contributed by atoms with E-state index in [-0.39, 0.29) is 5.56 Å². The minimum Gasteiger partial charge on any atom is -0.340 e. The van der Waals surface area contributed by atoms with Crippen LogP contribution in [0.15, 0.2) is 10.9 Å². The van der Waals surface area contributed by atoms with Gasteiger partial charge in [0.2, 0.25) is 5.95 Å². The van der Waals surface area contributed by atoms with Crippen LogP contribution in [0.25, 0.3) is 10.2 Å². The van der Waals surface area contributed by atoms with E-state index >= 15 is 0 Å². The van der Waals surface area contributed by atoms with Crippen molar-refractivity contribution in [1.29, 1.82) is 0 Å². The van der Waals surface area contributed by atoms with Crippen LogP contribution < -0.4 is 10.5 Å². The number of thiophene rings is 1. The van der Waals surface area contributed by atoms with Gasteiger partial charge in [-0.25, -0.2) is 4.98 Å². The lowest BCUT2D eigenvalue weighted by Gasteiger charge is -2.32. The second-order valence-electron chi connectivity index (χ2n) is 4.96. The summed E-state index contributed by atoms with van der Waals surface area (Å²) in [5.41, 5.74) is -0.0186. The summed E-state index contributed by atoms with van der Waals surface area (Å²) in [4.78, 5) is 26.2. The molecule has 2 aromatic rings. The number of likely N-dealkylation sites (N-methyl/N-ethyl adjacent to an activating group) is 1. The van der Waals surface area contributed by atoms with Gasteiger partial charge in [0.15, 0.2) is 0 Å². The van der Waals surface area contributed by atoms with Crippen LogP contribution in [0.1, 0.15) is 11.8 Å². The third-order valence-corrected chi connectivity index (χ3v) is 4.77. The van der Waals surface area contributed by atoms with Crippen molar-refractivity contribution >= 4 is 27.5 Å². The number of fused-ring (bicyclic) bond motifs is 1. The number of nitrogens with one attached hydrogen (secondary N) is 1. The molecule has 0 aromatic carbocycles. The third-order valence-electron chi connectivity index (χ3n) is 3.59. The van der Waals surface area contributed by atoms with Crippen LogP contribution in [0, 0.1) is 0 Å². The molecule has 1 fully saturated rings. The van der Waals surface area contributed by atoms with Gasteiger partial charge < -0.3 is 9.80 Å². The average molecular weight is 278 g/mol. The quantitative estimate of drug-likeness (QED) is 0.899. The number of nitrogens with zero attached hydrogens (tertiary/aromatic N) is 3. The highest BCUT2D eigenvalue weighted by Gasteiger charge is 2.17. The molecule has 0 atom stereocenters. The Balaban J connectivity index is 1.98. The lowest BCUT2D eigenvalue weighted by atomic mass is 10.3. The molecular formula is C13H18N4OS. The molecular weight excluding hydrogens is 260 g/mol. The number of H-pyrrole nitrogens is 1. The lowest BCUT2D eigenvalue weighted by molar-refractivity contribution is 0.311. The van der Waals surface area contributed by atoms with Gasteiger partial charge in [-0.1, -0.05) is 6.92 Å². The van der Waals surface area contributed by atoms with E-state index in [1.165, 1.54) is 4.88 Å². The highest BCUT2D eigenvalue weighted by molar-refractivity contribution is 7.18. The van der Waals surface area contributed by atoms with E-state index in [9.17, 15) is 4.79 Å². The molecule has 0 radical (unpaired) electrons. The number of aromatic amines is 1. The first-order chi connectivity index (χ1) is 9.17. The molecule has 0 spiro atoms. The SMILES string of the molecule is CCc1cc2c(=O)[nH]c(N3CCN(C)CC3)nc2s1. The molecule has 0 bridgehead atoms. The van der Waals surface area contributed by atoms with Crippen molar-refractivity contribution in [2.24, 2.45) is 0 Å². The van der Waals surface area contributed by atoms with Crippen LogP contribution in [-0.2, 0) is 6.42 Å². The molecule has 0 unspecified atom stereocenters. The Bertz CT molecular complexity index is 640. The highest BCUT2D eigenvalue weighted by Crippen LogP contribution is 2.23. The second-order valence-corrected chi connectivity index (χ2v) is 6.08. The van der Waals surface area contributed by atoms with Gasteiger partial charge in [0.25, 0.3) is 5.56 Å². The van der Waals surface area contributed by atoms with E-state index in [0.29, 0.717) is 0 Å². The molecule has 0 aliphatic carbocycles. The Morgan fingerprint density at radius 1 is 1.37 bits per heavy atom. The Hall–Kier alpha value is -1.40. The highest BCUT2D eigenvalue weighted by atomic mass is 32.1. The molecule has 2 aromatic heterocycles. The van der Waals surface area contributed by atoms with Crippen molar-refractivity contribution in [3.05, 3.63) is 21.3 Å². The van der Waals surface area contributed by atoms with Crippen LogP contribution in [0.3, 0.4) is 0 Å². The molecule has 19 heavy (non-hydrogen) atoms. The summed E-state index contributed by atoms with van der Waals surface area (Å²) >= 11 is 1.62. The molecule has 102 valence electrons. The average Bonchev–Trinajstić information content (AvgIpc) is 2.83. The van der Waals surface area contributed by atoms with Crippen LogP contribution >= 0.6 is 11.3 Å². The summed E-state index contributed by atoms with van der Waals surface area (Å²) < 4.78 is 0. The van der Waals surface area contributed by atoms with Crippen LogP contribution in [0.2, 0.25) is 0 Å². The van der Waals surface area contributed by atoms with E-state index in [1.807, 2.05) is 6.07 Å². The first kappa shape index (κ1) is 12.6. The van der Waals surface area contributed by atoms with E-state index in [4.69, 9.17) is 0 Å². The van der Waals surface area contributed by atoms with Crippen molar-refractivity contribution < 1.29 is 0 Å². The van der Waals surface area contributed by atoms with Gasteiger partial charge >= 0.3 is 0 Å². The molecule has 1 saturated heterocycles. The number of anilines is 1. The van der Waals surface area contributed by atoms with Gasteiger partial charge in [-0.2, -0.15) is 0 Å². The minimum atomic E-state index is -0.0186. The molecule has 6 heteroatoms. The molecule has 1 aliphatic heterocycles. The Morgan fingerprint density at radius 3 is 2.79 bits per heavy atom. The van der Waals surface area contributed by atoms with E-state index in [1.54, 1.807) is 11.3 Å². The van der Waals surface area contributed by atoms with E-state index in [2.05, 4.69) is 33.7 Å². The molecule has 3 rings (SSSR count). The van der Waals surface area contributed by atoms with Crippen molar-refractivity contribution in [3.63, 3.8) is 0 Å². The van der Waals surface area contributed by atoms with E-state index in [0.717, 1.165) is 48.8 Å². The lowest BCUT2D eigenvalue weighted by Crippen LogP contribution is -2.45. The third kappa shape index (κ3) is 2.37. The number of rotatable bonds is 2. The first-order valence-corrected chi connectivity index (χ1v) is 7.45. The smallest absolute Gasteiger partial charge is 0.261 e. The maximum absolute atomic E-state index is 12.1. The molecule has 0 saturated carbocycles. The molecule has 3 heterocycles. The number of aromatic nitrogens is 2. The number of hydrogen-bond acceptors (Lipinski definition) is 5. The van der Waals surface area contributed by atoms with Gasteiger partial charge in [-0.15, -0.1) is 11.3 Å². The fourth-order valence-corrected chi connectivity index (χ4v) is 3.28. The Kier molecular flexibility index (Phi) is 3.28. The normalized spacial score (nSPS) is 17.3. The van der Waals surface area contributed by atoms with Gasteiger partial charge in [0.05, 0.1) is 5.39 Å².